The molecule has 2 aromatic carbocycles. The lowest BCUT2D eigenvalue weighted by Gasteiger charge is -2.27. The Bertz CT molecular complexity index is 1550. The zero-order valence-corrected chi connectivity index (χ0v) is 25.6. The number of hydrogen-bond acceptors (Lipinski definition) is 9. The molecule has 1 fully saturated rings. The molecule has 4 N–H and O–H groups in total. The highest BCUT2D eigenvalue weighted by Gasteiger charge is 2.37. The number of nitrogens with one attached hydrogen (secondary N) is 2. The van der Waals surface area contributed by atoms with Crippen LogP contribution in [0, 0.1) is 0 Å². The van der Waals surface area contributed by atoms with E-state index in [2.05, 4.69) is 20.6 Å². The zero-order chi connectivity index (χ0) is 30.9. The van der Waals surface area contributed by atoms with E-state index in [1.165, 1.54) is 18.1 Å². The number of halogens is 4. The molecule has 16 heteroatoms. The number of fused-ring (bicyclic) bond motifs is 1. The third-order valence-electron chi connectivity index (χ3n) is 7.66. The molecule has 1 aliphatic heterocycles. The van der Waals surface area contributed by atoms with E-state index in [1.54, 1.807) is 25.2 Å². The highest BCUT2D eigenvalue weighted by atomic mass is 35.5. The maximum atomic E-state index is 14.0. The molecule has 1 saturated carbocycles. The summed E-state index contributed by atoms with van der Waals surface area (Å²) in [6.45, 7) is 0.187. The SMILES string of the molecule is COc1cc(CO[PH](=O)O)ccc1Nc1ncc(C(F)(F)F)c(Nc2ccc([C@H]3CC[C@H](O)CC3)c3c2C(=O)N(C)C3)n1.Cl. The van der Waals surface area contributed by atoms with Gasteiger partial charge in [0.2, 0.25) is 5.95 Å². The van der Waals surface area contributed by atoms with Crippen LogP contribution in [0.15, 0.2) is 36.5 Å². The third kappa shape index (κ3) is 7.27. The van der Waals surface area contributed by atoms with Crippen molar-refractivity contribution in [2.45, 2.75) is 57.0 Å². The van der Waals surface area contributed by atoms with Crippen LogP contribution in [-0.2, 0) is 28.4 Å². The molecule has 2 aliphatic rings. The minimum atomic E-state index is -4.79. The summed E-state index contributed by atoms with van der Waals surface area (Å²) in [5, 5.41) is 15.5. The Morgan fingerprint density at radius 3 is 2.48 bits per heavy atom. The smallest absolute Gasteiger partial charge is 0.421 e. The number of aliphatic hydroxyl groups excluding tert-OH is 1. The monoisotopic (exact) mass is 657 g/mol. The molecule has 0 spiro atoms. The molecule has 1 amide bonds. The van der Waals surface area contributed by atoms with Gasteiger partial charge < -0.3 is 34.8 Å². The van der Waals surface area contributed by atoms with Gasteiger partial charge in [0.1, 0.15) is 17.1 Å². The Morgan fingerprint density at radius 2 is 1.82 bits per heavy atom. The van der Waals surface area contributed by atoms with Gasteiger partial charge in [0.25, 0.3) is 5.91 Å². The molecule has 5 rings (SSSR count). The number of hydrogen-bond donors (Lipinski definition) is 4. The van der Waals surface area contributed by atoms with Crippen molar-refractivity contribution in [3.05, 3.63) is 64.3 Å². The standard InChI is InChI=1S/C28H31F3N5O6P.ClH/c1-36-13-19-18(16-4-6-17(37)7-5-16)8-10-22(24(19)26(36)38)33-25-20(28(29,30)31)12-32-27(35-25)34-21-9-3-15(11-23(21)41-2)14-42-43(39)40;/h3,8-12,16-17,37,43H,4-7,13-14H2,1-2H3,(H,39,40)(H2,32,33,34,35);1H/t16-,17-;. The normalized spacial score (nSPS) is 18.8. The van der Waals surface area contributed by atoms with Crippen LogP contribution in [0.3, 0.4) is 0 Å². The first-order valence-corrected chi connectivity index (χ1v) is 14.8. The van der Waals surface area contributed by atoms with Crippen molar-refractivity contribution < 1.29 is 41.8 Å². The van der Waals surface area contributed by atoms with E-state index in [1.807, 2.05) is 6.07 Å². The Kier molecular flexibility index (Phi) is 10.4. The lowest BCUT2D eigenvalue weighted by atomic mass is 9.80. The van der Waals surface area contributed by atoms with Gasteiger partial charge in [-0.2, -0.15) is 18.2 Å². The van der Waals surface area contributed by atoms with Crippen molar-refractivity contribution in [2.75, 3.05) is 24.8 Å². The highest BCUT2D eigenvalue weighted by Crippen LogP contribution is 2.42. The van der Waals surface area contributed by atoms with E-state index in [0.29, 0.717) is 42.4 Å². The number of carbonyl (C=O) groups is 1. The molecular formula is C28H32ClF3N5O6P. The number of alkyl halides is 3. The second-order valence-corrected chi connectivity index (χ2v) is 11.3. The van der Waals surface area contributed by atoms with Gasteiger partial charge in [-0.05, 0) is 66.5 Å². The third-order valence-corrected chi connectivity index (χ3v) is 8.05. The number of amides is 1. The Morgan fingerprint density at radius 1 is 1.11 bits per heavy atom. The van der Waals surface area contributed by atoms with Crippen molar-refractivity contribution in [3.8, 4) is 5.75 Å². The van der Waals surface area contributed by atoms with E-state index < -0.39 is 25.8 Å². The molecule has 11 nitrogen and oxygen atoms in total. The van der Waals surface area contributed by atoms with Crippen LogP contribution in [0.4, 0.5) is 36.3 Å². The minimum absolute atomic E-state index is 0. The van der Waals surface area contributed by atoms with Crippen LogP contribution in [-0.4, -0.2) is 51.0 Å². The number of nitrogens with zero attached hydrogens (tertiary/aromatic N) is 3. The summed E-state index contributed by atoms with van der Waals surface area (Å²) in [5.74, 6) is -0.604. The zero-order valence-electron chi connectivity index (χ0n) is 23.8. The average molecular weight is 658 g/mol. The van der Waals surface area contributed by atoms with Crippen LogP contribution in [0.2, 0.25) is 0 Å². The first-order valence-electron chi connectivity index (χ1n) is 13.5. The first-order chi connectivity index (χ1) is 20.4. The van der Waals surface area contributed by atoms with E-state index in [4.69, 9.17) is 14.2 Å². The van der Waals surface area contributed by atoms with Crippen LogP contribution in [0.25, 0.3) is 0 Å². The summed E-state index contributed by atoms with van der Waals surface area (Å²) < 4.78 is 63.1. The van der Waals surface area contributed by atoms with Gasteiger partial charge in [-0.3, -0.25) is 9.36 Å². The van der Waals surface area contributed by atoms with Gasteiger partial charge >= 0.3 is 14.4 Å². The van der Waals surface area contributed by atoms with Gasteiger partial charge in [0.15, 0.2) is 0 Å². The number of rotatable bonds is 9. The predicted molar refractivity (Wildman–Crippen MR) is 159 cm³/mol. The van der Waals surface area contributed by atoms with Crippen LogP contribution < -0.4 is 15.4 Å². The van der Waals surface area contributed by atoms with Gasteiger partial charge in [-0.1, -0.05) is 12.1 Å². The molecule has 2 heterocycles. The number of carbonyl (C=O) groups excluding carboxylic acids is 1. The van der Waals surface area contributed by atoms with Crippen LogP contribution >= 0.6 is 20.7 Å². The van der Waals surface area contributed by atoms with Crippen molar-refractivity contribution >= 4 is 49.7 Å². The molecule has 1 atom stereocenters. The second kappa shape index (κ2) is 13.7. The largest absolute Gasteiger partial charge is 0.495 e. The molecule has 0 bridgehead atoms. The van der Waals surface area contributed by atoms with Crippen molar-refractivity contribution in [1.82, 2.24) is 14.9 Å². The molecular weight excluding hydrogens is 626 g/mol. The van der Waals surface area contributed by atoms with Crippen LogP contribution in [0.5, 0.6) is 5.75 Å². The van der Waals surface area contributed by atoms with E-state index >= 15 is 0 Å². The molecule has 1 aromatic heterocycles. The summed E-state index contributed by atoms with van der Waals surface area (Å²) >= 11 is 0. The Labute approximate surface area is 258 Å². The Balaban J connectivity index is 0.00000442. The van der Waals surface area contributed by atoms with E-state index in [0.717, 1.165) is 24.0 Å². The molecule has 3 aromatic rings. The number of benzene rings is 2. The summed E-state index contributed by atoms with van der Waals surface area (Å²) in [6.07, 6.45) is -1.65. The number of aromatic nitrogens is 2. The lowest BCUT2D eigenvalue weighted by molar-refractivity contribution is -0.137. The molecule has 238 valence electrons. The molecule has 0 saturated heterocycles. The van der Waals surface area contributed by atoms with Crippen molar-refractivity contribution in [3.63, 3.8) is 0 Å². The fourth-order valence-electron chi connectivity index (χ4n) is 5.52. The van der Waals surface area contributed by atoms with Crippen molar-refractivity contribution in [1.29, 1.82) is 0 Å². The highest BCUT2D eigenvalue weighted by molar-refractivity contribution is 7.32. The summed E-state index contributed by atoms with van der Waals surface area (Å²) in [4.78, 5) is 31.6. The maximum Gasteiger partial charge on any atom is 0.421 e. The maximum absolute atomic E-state index is 14.0. The van der Waals surface area contributed by atoms with Crippen molar-refractivity contribution in [2.24, 2.45) is 0 Å². The quantitative estimate of drug-likeness (QED) is 0.205. The predicted octanol–water partition coefficient (Wildman–Crippen LogP) is 5.92. The van der Waals surface area contributed by atoms with Gasteiger partial charge in [0, 0.05) is 19.8 Å². The number of aliphatic hydroxyl groups is 1. The fourth-order valence-corrected chi connectivity index (χ4v) is 5.81. The molecule has 1 aliphatic carbocycles. The Hall–Kier alpha value is -3.42. The second-order valence-electron chi connectivity index (χ2n) is 10.5. The molecule has 44 heavy (non-hydrogen) atoms. The minimum Gasteiger partial charge on any atom is -0.495 e. The van der Waals surface area contributed by atoms with E-state index in [9.17, 15) is 27.6 Å². The van der Waals surface area contributed by atoms with Gasteiger partial charge in [0.05, 0.1) is 36.8 Å². The van der Waals surface area contributed by atoms with Gasteiger partial charge in [-0.25, -0.2) is 4.98 Å². The van der Waals surface area contributed by atoms with E-state index in [-0.39, 0.29) is 54.3 Å². The number of anilines is 4. The number of methoxy groups -OCH3 is 1. The van der Waals surface area contributed by atoms with Crippen LogP contribution in [0.1, 0.15) is 64.2 Å². The number of ether oxygens (including phenoxy) is 1. The first kappa shape index (κ1) is 33.5. The molecule has 0 radical (unpaired) electrons. The average Bonchev–Trinajstić information content (AvgIpc) is 3.26. The summed E-state index contributed by atoms with van der Waals surface area (Å²) in [7, 11) is -0.109. The lowest BCUT2D eigenvalue weighted by Crippen LogP contribution is -2.18. The topological polar surface area (TPSA) is 146 Å². The summed E-state index contributed by atoms with van der Waals surface area (Å²) in [5.41, 5.74) is 1.98. The van der Waals surface area contributed by atoms with Gasteiger partial charge in [-0.15, -0.1) is 12.4 Å². The summed E-state index contributed by atoms with van der Waals surface area (Å²) in [6, 6.07) is 8.11. The fraction of sp³-hybridized carbons (Fsp3) is 0.393. The molecule has 1 unspecified atom stereocenters.